The molecule has 0 aromatic carbocycles. The molecular weight excluding hydrogens is 187 g/mol. The molecule has 0 spiro atoms. The molecule has 13 heavy (non-hydrogen) atoms. The Morgan fingerprint density at radius 2 is 2.31 bits per heavy atom. The topological polar surface area (TPSA) is 57.8 Å². The van der Waals surface area contributed by atoms with Crippen LogP contribution in [0.25, 0.3) is 0 Å². The van der Waals surface area contributed by atoms with E-state index in [-0.39, 0.29) is 5.56 Å². The molecule has 4 nitrogen and oxygen atoms in total. The van der Waals surface area contributed by atoms with Gasteiger partial charge in [0.25, 0.3) is 5.91 Å². The van der Waals surface area contributed by atoms with Gasteiger partial charge in [-0.25, -0.2) is 0 Å². The van der Waals surface area contributed by atoms with Crippen molar-refractivity contribution in [3.05, 3.63) is 18.0 Å². The summed E-state index contributed by atoms with van der Waals surface area (Å²) in [5, 5.41) is 7.44. The van der Waals surface area contributed by atoms with Crippen LogP contribution in [0, 0.1) is 0 Å². The lowest BCUT2D eigenvalue weighted by molar-refractivity contribution is -0.123. The fourth-order valence-electron chi connectivity index (χ4n) is 0.658. The molecule has 0 saturated heterocycles. The first-order chi connectivity index (χ1) is 5.99. The van der Waals surface area contributed by atoms with Crippen molar-refractivity contribution in [1.29, 1.82) is 0 Å². The van der Waals surface area contributed by atoms with Crippen LogP contribution in [-0.4, -0.2) is 28.8 Å². The van der Waals surface area contributed by atoms with Gasteiger partial charge in [0, 0.05) is 6.20 Å². The molecule has 1 heterocycles. The molecule has 0 unspecified atom stereocenters. The van der Waals surface area contributed by atoms with E-state index in [1.165, 1.54) is 6.20 Å². The molecule has 1 rings (SSSR count). The van der Waals surface area contributed by atoms with Crippen molar-refractivity contribution in [2.75, 3.05) is 6.54 Å². The normalized spacial score (nSPS) is 11.3. The minimum atomic E-state index is -4.39. The van der Waals surface area contributed by atoms with E-state index in [0.717, 1.165) is 6.20 Å². The van der Waals surface area contributed by atoms with Crippen molar-refractivity contribution in [3.63, 3.8) is 0 Å². The summed E-state index contributed by atoms with van der Waals surface area (Å²) < 4.78 is 34.9. The molecule has 0 aliphatic rings. The molecular formula is C6H6F3N3O. The SMILES string of the molecule is O=C(NCC(F)(F)F)c1cn[nH]c1. The summed E-state index contributed by atoms with van der Waals surface area (Å²) in [5.41, 5.74) is 0.0734. The lowest BCUT2D eigenvalue weighted by Crippen LogP contribution is -2.33. The lowest BCUT2D eigenvalue weighted by atomic mass is 10.3. The maximum Gasteiger partial charge on any atom is 0.405 e. The Labute approximate surface area is 71.1 Å². The second-order valence-corrected chi connectivity index (χ2v) is 2.28. The molecule has 0 radical (unpaired) electrons. The van der Waals surface area contributed by atoms with Gasteiger partial charge in [-0.3, -0.25) is 9.89 Å². The lowest BCUT2D eigenvalue weighted by Gasteiger charge is -2.06. The number of alkyl halides is 3. The van der Waals surface area contributed by atoms with Gasteiger partial charge in [-0.2, -0.15) is 18.3 Å². The number of nitrogens with one attached hydrogen (secondary N) is 2. The van der Waals surface area contributed by atoms with Gasteiger partial charge in [-0.1, -0.05) is 0 Å². The maximum atomic E-state index is 11.6. The maximum absolute atomic E-state index is 11.6. The van der Waals surface area contributed by atoms with Crippen molar-refractivity contribution < 1.29 is 18.0 Å². The summed E-state index contributed by atoms with van der Waals surface area (Å²) in [7, 11) is 0. The summed E-state index contributed by atoms with van der Waals surface area (Å²) >= 11 is 0. The Hall–Kier alpha value is -1.53. The third-order valence-corrected chi connectivity index (χ3v) is 1.21. The number of H-pyrrole nitrogens is 1. The van der Waals surface area contributed by atoms with Crippen LogP contribution in [0.4, 0.5) is 13.2 Å². The zero-order chi connectivity index (χ0) is 9.90. The van der Waals surface area contributed by atoms with Crippen LogP contribution < -0.4 is 5.32 Å². The zero-order valence-electron chi connectivity index (χ0n) is 6.35. The van der Waals surface area contributed by atoms with Gasteiger partial charge in [0.05, 0.1) is 11.8 Å². The second-order valence-electron chi connectivity index (χ2n) is 2.28. The molecule has 0 aliphatic heterocycles. The average Bonchev–Trinajstić information content (AvgIpc) is 2.50. The van der Waals surface area contributed by atoms with Crippen molar-refractivity contribution in [3.8, 4) is 0 Å². The number of halogens is 3. The van der Waals surface area contributed by atoms with Gasteiger partial charge in [-0.15, -0.1) is 0 Å². The molecule has 1 aromatic heterocycles. The largest absolute Gasteiger partial charge is 0.405 e. The van der Waals surface area contributed by atoms with Gasteiger partial charge in [-0.05, 0) is 0 Å². The van der Waals surface area contributed by atoms with E-state index in [1.54, 1.807) is 5.32 Å². The molecule has 0 atom stereocenters. The molecule has 72 valence electrons. The van der Waals surface area contributed by atoms with Gasteiger partial charge < -0.3 is 5.32 Å². The third-order valence-electron chi connectivity index (χ3n) is 1.21. The molecule has 1 aromatic rings. The Bertz CT molecular complexity index is 280. The number of rotatable bonds is 2. The minimum absolute atomic E-state index is 0.0734. The van der Waals surface area contributed by atoms with E-state index in [0.29, 0.717) is 0 Å². The van der Waals surface area contributed by atoms with Gasteiger partial charge in [0.1, 0.15) is 6.54 Å². The predicted molar refractivity (Wildman–Crippen MR) is 37.0 cm³/mol. The van der Waals surface area contributed by atoms with E-state index in [9.17, 15) is 18.0 Å². The fraction of sp³-hybridized carbons (Fsp3) is 0.333. The highest BCUT2D eigenvalue weighted by Crippen LogP contribution is 2.12. The first-order valence-corrected chi connectivity index (χ1v) is 3.33. The van der Waals surface area contributed by atoms with Crippen LogP contribution in [0.5, 0.6) is 0 Å². The highest BCUT2D eigenvalue weighted by atomic mass is 19.4. The highest BCUT2D eigenvalue weighted by Gasteiger charge is 2.27. The first kappa shape index (κ1) is 9.56. The van der Waals surface area contributed by atoms with E-state index in [2.05, 4.69) is 10.2 Å². The second kappa shape index (κ2) is 3.46. The van der Waals surface area contributed by atoms with Crippen molar-refractivity contribution >= 4 is 5.91 Å². The zero-order valence-corrected chi connectivity index (χ0v) is 6.35. The standard InChI is InChI=1S/C6H6F3N3O/c7-6(8,9)3-10-5(13)4-1-11-12-2-4/h1-2H,3H2,(H,10,13)(H,11,12). The van der Waals surface area contributed by atoms with E-state index in [4.69, 9.17) is 0 Å². The summed E-state index contributed by atoms with van der Waals surface area (Å²) in [6, 6.07) is 0. The quantitative estimate of drug-likeness (QED) is 0.726. The molecule has 2 N–H and O–H groups in total. The smallest absolute Gasteiger partial charge is 0.343 e. The molecule has 7 heteroatoms. The highest BCUT2D eigenvalue weighted by molar-refractivity contribution is 5.93. The van der Waals surface area contributed by atoms with E-state index < -0.39 is 18.6 Å². The van der Waals surface area contributed by atoms with E-state index >= 15 is 0 Å². The van der Waals surface area contributed by atoms with Crippen molar-refractivity contribution in [1.82, 2.24) is 15.5 Å². The number of aromatic nitrogens is 2. The number of nitrogens with zero attached hydrogens (tertiary/aromatic N) is 1. The van der Waals surface area contributed by atoms with Crippen molar-refractivity contribution in [2.45, 2.75) is 6.18 Å². The van der Waals surface area contributed by atoms with Crippen LogP contribution in [0.15, 0.2) is 12.4 Å². The van der Waals surface area contributed by atoms with Crippen LogP contribution >= 0.6 is 0 Å². The number of aromatic amines is 1. The summed E-state index contributed by atoms with van der Waals surface area (Å²) in [5.74, 6) is -0.800. The van der Waals surface area contributed by atoms with Gasteiger partial charge >= 0.3 is 6.18 Å². The van der Waals surface area contributed by atoms with Crippen LogP contribution in [-0.2, 0) is 0 Å². The fourth-order valence-corrected chi connectivity index (χ4v) is 0.658. The Balaban J connectivity index is 2.44. The third kappa shape index (κ3) is 3.14. The molecule has 0 fully saturated rings. The average molecular weight is 193 g/mol. The number of carbonyl (C=O) groups excluding carboxylic acids is 1. The monoisotopic (exact) mass is 193 g/mol. The minimum Gasteiger partial charge on any atom is -0.343 e. The van der Waals surface area contributed by atoms with Crippen LogP contribution in [0.2, 0.25) is 0 Å². The Morgan fingerprint density at radius 3 is 2.77 bits per heavy atom. The van der Waals surface area contributed by atoms with Crippen LogP contribution in [0.1, 0.15) is 10.4 Å². The van der Waals surface area contributed by atoms with Gasteiger partial charge in [0.15, 0.2) is 0 Å². The summed E-state index contributed by atoms with van der Waals surface area (Å²) in [6.07, 6.45) is -2.03. The Kier molecular flexibility index (Phi) is 2.54. The number of hydrogen-bond donors (Lipinski definition) is 2. The molecule has 0 saturated carbocycles. The van der Waals surface area contributed by atoms with Crippen molar-refractivity contribution in [2.24, 2.45) is 0 Å². The van der Waals surface area contributed by atoms with E-state index in [1.807, 2.05) is 0 Å². The molecule has 1 amide bonds. The number of hydrogen-bond acceptors (Lipinski definition) is 2. The predicted octanol–water partition coefficient (Wildman–Crippen LogP) is 0.702. The molecule has 0 aliphatic carbocycles. The van der Waals surface area contributed by atoms with Gasteiger partial charge in [0.2, 0.25) is 0 Å². The molecule has 0 bridgehead atoms. The van der Waals surface area contributed by atoms with Crippen LogP contribution in [0.3, 0.4) is 0 Å². The number of carbonyl (C=O) groups is 1. The summed E-state index contributed by atoms with van der Waals surface area (Å²) in [4.78, 5) is 10.9. The summed E-state index contributed by atoms with van der Waals surface area (Å²) in [6.45, 7) is -1.34. The first-order valence-electron chi connectivity index (χ1n) is 3.33. The number of amides is 1. The Morgan fingerprint density at radius 1 is 1.62 bits per heavy atom.